The first-order chi connectivity index (χ1) is 9.52. The SMILES string of the molecule is N/C(=N/O)C1CCN(C(=O)c2ccc(F)cc2O)CC1. The van der Waals surface area contributed by atoms with Crippen LogP contribution in [0.25, 0.3) is 0 Å². The lowest BCUT2D eigenvalue weighted by Crippen LogP contribution is -2.41. The lowest BCUT2D eigenvalue weighted by molar-refractivity contribution is 0.0706. The summed E-state index contributed by atoms with van der Waals surface area (Å²) in [6, 6.07) is 3.31. The molecule has 0 aliphatic carbocycles. The van der Waals surface area contributed by atoms with Gasteiger partial charge in [-0.15, -0.1) is 0 Å². The van der Waals surface area contributed by atoms with Crippen molar-refractivity contribution < 1.29 is 19.5 Å². The summed E-state index contributed by atoms with van der Waals surface area (Å²) in [5, 5.41) is 21.2. The van der Waals surface area contributed by atoms with E-state index in [1.54, 1.807) is 4.90 Å². The minimum Gasteiger partial charge on any atom is -0.507 e. The number of rotatable bonds is 2. The molecule has 0 bridgehead atoms. The summed E-state index contributed by atoms with van der Waals surface area (Å²) in [5.74, 6) is -1.19. The second-order valence-electron chi connectivity index (χ2n) is 4.75. The van der Waals surface area contributed by atoms with Crippen molar-refractivity contribution in [3.8, 4) is 5.75 Å². The molecule has 0 spiro atoms. The van der Waals surface area contributed by atoms with Gasteiger partial charge in [0.15, 0.2) is 0 Å². The third kappa shape index (κ3) is 2.81. The van der Waals surface area contributed by atoms with Crippen LogP contribution in [0, 0.1) is 11.7 Å². The van der Waals surface area contributed by atoms with Gasteiger partial charge < -0.3 is 20.9 Å². The Bertz CT molecular complexity index is 540. The molecule has 4 N–H and O–H groups in total. The predicted molar refractivity (Wildman–Crippen MR) is 70.1 cm³/mol. The zero-order valence-corrected chi connectivity index (χ0v) is 10.8. The van der Waals surface area contributed by atoms with Crippen molar-refractivity contribution in [2.75, 3.05) is 13.1 Å². The van der Waals surface area contributed by atoms with Crippen LogP contribution >= 0.6 is 0 Å². The van der Waals surface area contributed by atoms with Gasteiger partial charge in [-0.2, -0.15) is 0 Å². The molecular formula is C13H16FN3O3. The molecule has 1 aromatic rings. The van der Waals surface area contributed by atoms with Gasteiger partial charge in [0.25, 0.3) is 5.91 Å². The number of nitrogens with two attached hydrogens (primary N) is 1. The Morgan fingerprint density at radius 3 is 2.60 bits per heavy atom. The highest BCUT2D eigenvalue weighted by Crippen LogP contribution is 2.23. The molecule has 0 atom stereocenters. The summed E-state index contributed by atoms with van der Waals surface area (Å²) < 4.78 is 12.9. The van der Waals surface area contributed by atoms with Gasteiger partial charge in [0.1, 0.15) is 17.4 Å². The maximum atomic E-state index is 12.9. The van der Waals surface area contributed by atoms with Gasteiger partial charge in [-0.1, -0.05) is 5.16 Å². The molecule has 0 radical (unpaired) electrons. The van der Waals surface area contributed by atoms with Crippen molar-refractivity contribution in [3.05, 3.63) is 29.6 Å². The van der Waals surface area contributed by atoms with E-state index in [2.05, 4.69) is 5.16 Å². The smallest absolute Gasteiger partial charge is 0.257 e. The fraction of sp³-hybridized carbons (Fsp3) is 0.385. The number of nitrogens with zero attached hydrogens (tertiary/aromatic N) is 2. The zero-order valence-electron chi connectivity index (χ0n) is 10.8. The molecule has 108 valence electrons. The van der Waals surface area contributed by atoms with Crippen LogP contribution in [0.1, 0.15) is 23.2 Å². The van der Waals surface area contributed by atoms with Crippen molar-refractivity contribution in [2.24, 2.45) is 16.8 Å². The number of amidine groups is 1. The summed E-state index contributed by atoms with van der Waals surface area (Å²) in [7, 11) is 0. The van der Waals surface area contributed by atoms with Crippen LogP contribution in [0.4, 0.5) is 4.39 Å². The fourth-order valence-corrected chi connectivity index (χ4v) is 2.32. The molecule has 1 amide bonds. The van der Waals surface area contributed by atoms with E-state index in [-0.39, 0.29) is 29.0 Å². The molecular weight excluding hydrogens is 265 g/mol. The Labute approximate surface area is 115 Å². The van der Waals surface area contributed by atoms with Crippen LogP contribution in [-0.2, 0) is 0 Å². The van der Waals surface area contributed by atoms with E-state index >= 15 is 0 Å². The van der Waals surface area contributed by atoms with Crippen LogP contribution in [0.3, 0.4) is 0 Å². The van der Waals surface area contributed by atoms with E-state index in [1.807, 2.05) is 0 Å². The van der Waals surface area contributed by atoms with E-state index in [1.165, 1.54) is 6.07 Å². The monoisotopic (exact) mass is 281 g/mol. The lowest BCUT2D eigenvalue weighted by atomic mass is 9.95. The van der Waals surface area contributed by atoms with E-state index in [0.29, 0.717) is 25.9 Å². The third-order valence-electron chi connectivity index (χ3n) is 3.51. The number of piperidine rings is 1. The van der Waals surface area contributed by atoms with Gasteiger partial charge in [0.2, 0.25) is 0 Å². The lowest BCUT2D eigenvalue weighted by Gasteiger charge is -2.31. The number of benzene rings is 1. The average molecular weight is 281 g/mol. The number of phenolic OH excluding ortho intramolecular Hbond substituents is 1. The van der Waals surface area contributed by atoms with Gasteiger partial charge >= 0.3 is 0 Å². The number of halogens is 1. The molecule has 7 heteroatoms. The average Bonchev–Trinajstić information content (AvgIpc) is 2.46. The van der Waals surface area contributed by atoms with E-state index in [9.17, 15) is 14.3 Å². The van der Waals surface area contributed by atoms with Crippen molar-refractivity contribution in [2.45, 2.75) is 12.8 Å². The molecule has 1 heterocycles. The zero-order chi connectivity index (χ0) is 14.7. The van der Waals surface area contributed by atoms with Gasteiger partial charge in [-0.05, 0) is 25.0 Å². The molecule has 0 aromatic heterocycles. The first-order valence-corrected chi connectivity index (χ1v) is 6.28. The highest BCUT2D eigenvalue weighted by atomic mass is 19.1. The highest BCUT2D eigenvalue weighted by molar-refractivity contribution is 5.97. The van der Waals surface area contributed by atoms with Crippen LogP contribution in [0.5, 0.6) is 5.75 Å². The molecule has 1 aromatic carbocycles. The van der Waals surface area contributed by atoms with Crippen molar-refractivity contribution >= 4 is 11.7 Å². The molecule has 0 unspecified atom stereocenters. The second-order valence-corrected chi connectivity index (χ2v) is 4.75. The molecule has 0 saturated carbocycles. The van der Waals surface area contributed by atoms with Crippen LogP contribution in [0.15, 0.2) is 23.4 Å². The molecule has 1 fully saturated rings. The fourth-order valence-electron chi connectivity index (χ4n) is 2.32. The number of carbonyl (C=O) groups is 1. The van der Waals surface area contributed by atoms with E-state index in [4.69, 9.17) is 10.9 Å². The Balaban J connectivity index is 2.05. The molecule has 1 aliphatic heterocycles. The van der Waals surface area contributed by atoms with Gasteiger partial charge in [-0.25, -0.2) is 4.39 Å². The highest BCUT2D eigenvalue weighted by Gasteiger charge is 2.27. The molecule has 1 aliphatic rings. The number of phenols is 1. The number of carbonyl (C=O) groups excluding carboxylic acids is 1. The van der Waals surface area contributed by atoms with Crippen molar-refractivity contribution in [3.63, 3.8) is 0 Å². The maximum absolute atomic E-state index is 12.9. The summed E-state index contributed by atoms with van der Waals surface area (Å²) in [5.41, 5.74) is 5.61. The van der Waals surface area contributed by atoms with E-state index in [0.717, 1.165) is 12.1 Å². The van der Waals surface area contributed by atoms with Gasteiger partial charge in [0, 0.05) is 25.1 Å². The molecule has 20 heavy (non-hydrogen) atoms. The van der Waals surface area contributed by atoms with Crippen molar-refractivity contribution in [1.29, 1.82) is 0 Å². The maximum Gasteiger partial charge on any atom is 0.257 e. The molecule has 6 nitrogen and oxygen atoms in total. The summed E-state index contributed by atoms with van der Waals surface area (Å²) in [4.78, 5) is 13.8. The standard InChI is InChI=1S/C13H16FN3O3/c14-9-1-2-10(11(18)7-9)13(19)17-5-3-8(4-6-17)12(15)16-20/h1-2,7-8,18,20H,3-6H2,(H2,15,16). The minimum atomic E-state index is -0.593. The summed E-state index contributed by atoms with van der Waals surface area (Å²) in [6.45, 7) is 0.882. The third-order valence-corrected chi connectivity index (χ3v) is 3.51. The minimum absolute atomic E-state index is 0.0501. The van der Waals surface area contributed by atoms with E-state index < -0.39 is 5.82 Å². The number of hydrogen-bond acceptors (Lipinski definition) is 4. The molecule has 2 rings (SSSR count). The topological polar surface area (TPSA) is 99.2 Å². The number of amides is 1. The number of likely N-dealkylation sites (tertiary alicyclic amines) is 1. The van der Waals surface area contributed by atoms with Crippen LogP contribution < -0.4 is 5.73 Å². The Morgan fingerprint density at radius 1 is 1.40 bits per heavy atom. The number of aromatic hydroxyl groups is 1. The quantitative estimate of drug-likeness (QED) is 0.327. The number of oxime groups is 1. The Kier molecular flexibility index (Phi) is 4.07. The van der Waals surface area contributed by atoms with Crippen LogP contribution in [-0.4, -0.2) is 40.0 Å². The first kappa shape index (κ1) is 14.1. The van der Waals surface area contributed by atoms with Crippen molar-refractivity contribution in [1.82, 2.24) is 4.90 Å². The van der Waals surface area contributed by atoms with Gasteiger partial charge in [-0.3, -0.25) is 4.79 Å². The van der Waals surface area contributed by atoms with Crippen LogP contribution in [0.2, 0.25) is 0 Å². The largest absolute Gasteiger partial charge is 0.507 e. The Hall–Kier alpha value is -2.31. The summed E-state index contributed by atoms with van der Waals surface area (Å²) in [6.07, 6.45) is 1.17. The Morgan fingerprint density at radius 2 is 2.05 bits per heavy atom. The first-order valence-electron chi connectivity index (χ1n) is 6.28. The number of hydrogen-bond donors (Lipinski definition) is 3. The van der Waals surface area contributed by atoms with Gasteiger partial charge in [0.05, 0.1) is 5.56 Å². The summed E-state index contributed by atoms with van der Waals surface area (Å²) >= 11 is 0. The molecule has 1 saturated heterocycles. The normalized spacial score (nSPS) is 17.2. The predicted octanol–water partition coefficient (Wildman–Crippen LogP) is 1.13. The second kappa shape index (κ2) is 5.77.